The highest BCUT2D eigenvalue weighted by Gasteiger charge is 2.40. The highest BCUT2D eigenvalue weighted by molar-refractivity contribution is 9.10. The molecule has 1 heterocycles. The minimum Gasteiger partial charge on any atom is -0.480 e. The Morgan fingerprint density at radius 2 is 2.16 bits per heavy atom. The fourth-order valence-electron chi connectivity index (χ4n) is 2.37. The van der Waals surface area contributed by atoms with Crippen LogP contribution in [0.2, 0.25) is 0 Å². The predicted molar refractivity (Wildman–Crippen MR) is 70.3 cm³/mol. The molecule has 2 rings (SSSR count). The molecule has 0 bridgehead atoms. The van der Waals surface area contributed by atoms with Crippen molar-refractivity contribution < 1.29 is 19.1 Å². The molecule has 1 aliphatic heterocycles. The van der Waals surface area contributed by atoms with E-state index >= 15 is 0 Å². The summed E-state index contributed by atoms with van der Waals surface area (Å²) in [5, 5.41) is 9.17. The molecule has 6 heteroatoms. The molecule has 4 nitrogen and oxygen atoms in total. The Labute approximate surface area is 118 Å². The van der Waals surface area contributed by atoms with Gasteiger partial charge in [0.1, 0.15) is 11.9 Å². The minimum atomic E-state index is -1.05. The van der Waals surface area contributed by atoms with E-state index < -0.39 is 23.7 Å². The van der Waals surface area contributed by atoms with Crippen LogP contribution in [0, 0.1) is 11.7 Å². The molecule has 0 radical (unpaired) electrons. The van der Waals surface area contributed by atoms with Gasteiger partial charge in [-0.2, -0.15) is 0 Å². The van der Waals surface area contributed by atoms with E-state index in [0.29, 0.717) is 17.4 Å². The van der Waals surface area contributed by atoms with E-state index in [0.717, 1.165) is 0 Å². The van der Waals surface area contributed by atoms with E-state index in [1.807, 2.05) is 0 Å². The van der Waals surface area contributed by atoms with Gasteiger partial charge in [-0.25, -0.2) is 9.18 Å². The van der Waals surface area contributed by atoms with Crippen molar-refractivity contribution in [3.63, 3.8) is 0 Å². The Bertz CT molecular complexity index is 535. The Kier molecular flexibility index (Phi) is 3.89. The van der Waals surface area contributed by atoms with Crippen LogP contribution in [-0.4, -0.2) is 34.5 Å². The first kappa shape index (κ1) is 14.0. The number of rotatable bonds is 2. The lowest BCUT2D eigenvalue weighted by Crippen LogP contribution is -2.43. The van der Waals surface area contributed by atoms with Crippen LogP contribution in [0.1, 0.15) is 23.7 Å². The van der Waals surface area contributed by atoms with Crippen LogP contribution < -0.4 is 0 Å². The first-order chi connectivity index (χ1) is 8.91. The van der Waals surface area contributed by atoms with Gasteiger partial charge >= 0.3 is 5.97 Å². The summed E-state index contributed by atoms with van der Waals surface area (Å²) in [4.78, 5) is 24.7. The van der Waals surface area contributed by atoms with Crippen LogP contribution >= 0.6 is 15.9 Å². The van der Waals surface area contributed by atoms with E-state index in [9.17, 15) is 14.0 Å². The zero-order valence-corrected chi connectivity index (χ0v) is 11.9. The maximum atomic E-state index is 13.8. The van der Waals surface area contributed by atoms with Crippen molar-refractivity contribution in [2.24, 2.45) is 5.92 Å². The van der Waals surface area contributed by atoms with E-state index in [1.165, 1.54) is 17.0 Å². The van der Waals surface area contributed by atoms with Crippen LogP contribution in [0.3, 0.4) is 0 Å². The molecule has 19 heavy (non-hydrogen) atoms. The number of aliphatic carboxylic acids is 1. The SMILES string of the molecule is CC1CCN(C(=O)c2ccc(Br)cc2F)C1C(=O)O. The Balaban J connectivity index is 2.31. The monoisotopic (exact) mass is 329 g/mol. The molecule has 1 aliphatic rings. The zero-order chi connectivity index (χ0) is 14.2. The van der Waals surface area contributed by atoms with Gasteiger partial charge in [0.05, 0.1) is 5.56 Å². The largest absolute Gasteiger partial charge is 0.480 e. The fraction of sp³-hybridized carbons (Fsp3) is 0.385. The van der Waals surface area contributed by atoms with Gasteiger partial charge in [-0.15, -0.1) is 0 Å². The van der Waals surface area contributed by atoms with Crippen molar-refractivity contribution in [2.45, 2.75) is 19.4 Å². The van der Waals surface area contributed by atoms with Gasteiger partial charge in [-0.05, 0) is 30.5 Å². The lowest BCUT2D eigenvalue weighted by molar-refractivity contribution is -0.142. The Hall–Kier alpha value is -1.43. The van der Waals surface area contributed by atoms with Crippen LogP contribution in [0.25, 0.3) is 0 Å². The summed E-state index contributed by atoms with van der Waals surface area (Å²) in [5.74, 6) is -2.39. The fourth-order valence-corrected chi connectivity index (χ4v) is 2.70. The topological polar surface area (TPSA) is 57.6 Å². The van der Waals surface area contributed by atoms with Gasteiger partial charge in [0, 0.05) is 11.0 Å². The van der Waals surface area contributed by atoms with Crippen LogP contribution in [0.5, 0.6) is 0 Å². The number of benzene rings is 1. The van der Waals surface area contributed by atoms with Crippen molar-refractivity contribution >= 4 is 27.8 Å². The lowest BCUT2D eigenvalue weighted by Gasteiger charge is -2.23. The molecule has 0 aromatic heterocycles. The molecule has 0 saturated carbocycles. The number of halogens is 2. The number of hydrogen-bond acceptors (Lipinski definition) is 2. The van der Waals surface area contributed by atoms with Crippen molar-refractivity contribution in [3.8, 4) is 0 Å². The quantitative estimate of drug-likeness (QED) is 0.907. The molecule has 1 amide bonds. The minimum absolute atomic E-state index is 0.0939. The Morgan fingerprint density at radius 3 is 2.74 bits per heavy atom. The van der Waals surface area contributed by atoms with E-state index in [2.05, 4.69) is 15.9 Å². The molecule has 1 saturated heterocycles. The lowest BCUT2D eigenvalue weighted by atomic mass is 10.0. The van der Waals surface area contributed by atoms with Gasteiger partial charge in [0.15, 0.2) is 0 Å². The van der Waals surface area contributed by atoms with Crippen molar-refractivity contribution in [1.29, 1.82) is 0 Å². The highest BCUT2D eigenvalue weighted by Crippen LogP contribution is 2.27. The van der Waals surface area contributed by atoms with Crippen LogP contribution in [-0.2, 0) is 4.79 Å². The average molecular weight is 330 g/mol. The van der Waals surface area contributed by atoms with E-state index in [4.69, 9.17) is 5.11 Å². The molecular weight excluding hydrogens is 317 g/mol. The summed E-state index contributed by atoms with van der Waals surface area (Å²) < 4.78 is 14.3. The second kappa shape index (κ2) is 5.28. The molecule has 0 spiro atoms. The molecule has 1 N–H and O–H groups in total. The molecule has 2 unspecified atom stereocenters. The summed E-state index contributed by atoms with van der Waals surface area (Å²) in [6.45, 7) is 2.12. The second-order valence-corrected chi connectivity index (χ2v) is 5.59. The molecule has 102 valence electrons. The molecule has 1 aromatic carbocycles. The third-order valence-electron chi connectivity index (χ3n) is 3.38. The van der Waals surface area contributed by atoms with E-state index in [1.54, 1.807) is 13.0 Å². The van der Waals surface area contributed by atoms with Gasteiger partial charge < -0.3 is 10.0 Å². The molecule has 1 aromatic rings. The standard InChI is InChI=1S/C13H13BrFNO3/c1-7-4-5-16(11(7)13(18)19)12(17)9-3-2-8(14)6-10(9)15/h2-3,6-7,11H,4-5H2,1H3,(H,18,19). The zero-order valence-electron chi connectivity index (χ0n) is 10.3. The van der Waals surface area contributed by atoms with Crippen molar-refractivity contribution in [2.75, 3.05) is 6.54 Å². The number of hydrogen-bond donors (Lipinski definition) is 1. The normalized spacial score (nSPS) is 22.6. The Morgan fingerprint density at radius 1 is 1.47 bits per heavy atom. The summed E-state index contributed by atoms with van der Waals surface area (Å²) in [6, 6.07) is 3.24. The molecule has 1 fully saturated rings. The summed E-state index contributed by atoms with van der Waals surface area (Å²) in [5.41, 5.74) is -0.0939. The number of carbonyl (C=O) groups is 2. The number of carboxylic acid groups (broad SMARTS) is 1. The maximum absolute atomic E-state index is 13.8. The van der Waals surface area contributed by atoms with Gasteiger partial charge in [0.25, 0.3) is 5.91 Å². The summed E-state index contributed by atoms with van der Waals surface area (Å²) in [6.07, 6.45) is 0.612. The van der Waals surface area contributed by atoms with Crippen LogP contribution in [0.4, 0.5) is 4.39 Å². The smallest absolute Gasteiger partial charge is 0.326 e. The first-order valence-corrected chi connectivity index (χ1v) is 6.70. The highest BCUT2D eigenvalue weighted by atomic mass is 79.9. The van der Waals surface area contributed by atoms with Gasteiger partial charge in [0.2, 0.25) is 0 Å². The average Bonchev–Trinajstić information content (AvgIpc) is 2.70. The van der Waals surface area contributed by atoms with Crippen LogP contribution in [0.15, 0.2) is 22.7 Å². The van der Waals surface area contributed by atoms with E-state index in [-0.39, 0.29) is 11.5 Å². The van der Waals surface area contributed by atoms with Crippen molar-refractivity contribution in [1.82, 2.24) is 4.90 Å². The first-order valence-electron chi connectivity index (χ1n) is 5.90. The molecular formula is C13H13BrFNO3. The third kappa shape index (κ3) is 2.63. The van der Waals surface area contributed by atoms with Crippen molar-refractivity contribution in [3.05, 3.63) is 34.1 Å². The van der Waals surface area contributed by atoms with Gasteiger partial charge in [-0.1, -0.05) is 22.9 Å². The third-order valence-corrected chi connectivity index (χ3v) is 3.87. The number of likely N-dealkylation sites (tertiary alicyclic amines) is 1. The molecule has 2 atom stereocenters. The van der Waals surface area contributed by atoms with Gasteiger partial charge in [-0.3, -0.25) is 4.79 Å². The predicted octanol–water partition coefficient (Wildman–Crippen LogP) is 2.52. The second-order valence-electron chi connectivity index (χ2n) is 4.67. The number of carbonyl (C=O) groups excluding carboxylic acids is 1. The molecule has 0 aliphatic carbocycles. The summed E-state index contributed by atoms with van der Waals surface area (Å²) >= 11 is 3.11. The number of amides is 1. The maximum Gasteiger partial charge on any atom is 0.326 e. The number of nitrogens with zero attached hydrogens (tertiary/aromatic N) is 1. The number of carboxylic acids is 1. The summed E-state index contributed by atoms with van der Waals surface area (Å²) in [7, 11) is 0.